The molecule has 2 aliphatic rings. The highest BCUT2D eigenvalue weighted by Gasteiger charge is 2.54. The van der Waals surface area contributed by atoms with Crippen LogP contribution in [0.15, 0.2) is 35.2 Å². The summed E-state index contributed by atoms with van der Waals surface area (Å²) >= 11 is 0. The molecule has 0 saturated carbocycles. The number of aliphatic hydroxyl groups excluding tert-OH is 1. The van der Waals surface area contributed by atoms with Gasteiger partial charge in [0, 0.05) is 20.3 Å². The molecule has 2 heterocycles. The molecule has 0 bridgehead atoms. The average Bonchev–Trinajstić information content (AvgIpc) is 3.07. The van der Waals surface area contributed by atoms with E-state index >= 15 is 0 Å². The number of ether oxygens (including phenoxy) is 2. The van der Waals surface area contributed by atoms with Crippen LogP contribution in [0, 0.1) is 0 Å². The van der Waals surface area contributed by atoms with Gasteiger partial charge in [0.05, 0.1) is 30.3 Å². The van der Waals surface area contributed by atoms with Crippen molar-refractivity contribution in [1.82, 2.24) is 4.90 Å². The van der Waals surface area contributed by atoms with Crippen molar-refractivity contribution in [3.8, 4) is 0 Å². The van der Waals surface area contributed by atoms with Crippen molar-refractivity contribution in [3.05, 3.63) is 30.3 Å². The zero-order valence-electron chi connectivity index (χ0n) is 14.1. The molecule has 2 saturated heterocycles. The van der Waals surface area contributed by atoms with Gasteiger partial charge in [-0.15, -0.1) is 0 Å². The number of sulfone groups is 1. The molecule has 7 nitrogen and oxygen atoms in total. The van der Waals surface area contributed by atoms with Crippen LogP contribution in [0.25, 0.3) is 0 Å². The van der Waals surface area contributed by atoms with Crippen LogP contribution in [0.3, 0.4) is 0 Å². The number of aliphatic hydroxyl groups is 1. The van der Waals surface area contributed by atoms with E-state index in [1.165, 1.54) is 24.1 Å². The van der Waals surface area contributed by atoms with Gasteiger partial charge in [-0.05, 0) is 25.0 Å². The Hall–Kier alpha value is -1.48. The second-order valence-electron chi connectivity index (χ2n) is 6.51. The van der Waals surface area contributed by atoms with E-state index in [9.17, 15) is 18.3 Å². The number of carbonyl (C=O) groups excluding carboxylic acids is 1. The lowest BCUT2D eigenvalue weighted by atomic mass is 9.96. The van der Waals surface area contributed by atoms with Crippen molar-refractivity contribution >= 4 is 15.7 Å². The summed E-state index contributed by atoms with van der Waals surface area (Å²) in [5.41, 5.74) is 0. The minimum absolute atomic E-state index is 0.0943. The van der Waals surface area contributed by atoms with E-state index in [-0.39, 0.29) is 44.2 Å². The van der Waals surface area contributed by atoms with Gasteiger partial charge in [-0.1, -0.05) is 18.2 Å². The maximum absolute atomic E-state index is 13.4. The van der Waals surface area contributed by atoms with E-state index in [1.807, 2.05) is 0 Å². The third-order valence-electron chi connectivity index (χ3n) is 5.10. The molecule has 138 valence electrons. The van der Waals surface area contributed by atoms with Crippen LogP contribution in [0.1, 0.15) is 12.8 Å². The van der Waals surface area contributed by atoms with E-state index in [4.69, 9.17) is 9.47 Å². The Balaban J connectivity index is 2.00. The Bertz CT molecular complexity index is 714. The van der Waals surface area contributed by atoms with Gasteiger partial charge in [-0.25, -0.2) is 8.42 Å². The van der Waals surface area contributed by atoms with Crippen LogP contribution in [0.4, 0.5) is 0 Å². The molecular weight excluding hydrogens is 346 g/mol. The van der Waals surface area contributed by atoms with Crippen molar-refractivity contribution in [2.45, 2.75) is 34.6 Å². The van der Waals surface area contributed by atoms with E-state index in [1.54, 1.807) is 18.2 Å². The summed E-state index contributed by atoms with van der Waals surface area (Å²) in [6.45, 7) is 0.746. The van der Waals surface area contributed by atoms with Crippen molar-refractivity contribution in [1.29, 1.82) is 0 Å². The van der Waals surface area contributed by atoms with E-state index in [0.717, 1.165) is 0 Å². The predicted octanol–water partition coefficient (Wildman–Crippen LogP) is 0.228. The third kappa shape index (κ3) is 3.08. The first kappa shape index (κ1) is 18.3. The number of likely N-dealkylation sites (N-methyl/N-ethyl adjacent to an activating group) is 1. The molecule has 2 aliphatic heterocycles. The first-order valence-corrected chi connectivity index (χ1v) is 9.79. The van der Waals surface area contributed by atoms with Gasteiger partial charge in [-0.2, -0.15) is 0 Å². The lowest BCUT2D eigenvalue weighted by Crippen LogP contribution is -2.59. The van der Waals surface area contributed by atoms with E-state index < -0.39 is 32.6 Å². The lowest BCUT2D eigenvalue weighted by Gasteiger charge is -2.39. The van der Waals surface area contributed by atoms with E-state index in [2.05, 4.69) is 0 Å². The molecule has 1 aromatic rings. The number of nitrogens with zero attached hydrogens (tertiary/aromatic N) is 1. The molecule has 1 aromatic carbocycles. The van der Waals surface area contributed by atoms with Gasteiger partial charge >= 0.3 is 0 Å². The molecule has 0 aliphatic carbocycles. The predicted molar refractivity (Wildman–Crippen MR) is 89.8 cm³/mol. The molecule has 0 spiro atoms. The molecule has 0 aromatic heterocycles. The Morgan fingerprint density at radius 1 is 1.16 bits per heavy atom. The maximum Gasteiger partial charge on any atom is 0.244 e. The molecule has 8 heteroatoms. The minimum atomic E-state index is -3.91. The topological polar surface area (TPSA) is 93.1 Å². The quantitative estimate of drug-likeness (QED) is 0.817. The first-order chi connectivity index (χ1) is 11.9. The summed E-state index contributed by atoms with van der Waals surface area (Å²) < 4.78 is 35.7. The summed E-state index contributed by atoms with van der Waals surface area (Å²) in [6.07, 6.45) is -0.626. The first-order valence-electron chi connectivity index (χ1n) is 8.31. The molecule has 1 amide bonds. The summed E-state index contributed by atoms with van der Waals surface area (Å²) in [5.74, 6) is -0.505. The Morgan fingerprint density at radius 2 is 1.80 bits per heavy atom. The molecule has 25 heavy (non-hydrogen) atoms. The molecule has 2 fully saturated rings. The van der Waals surface area contributed by atoms with Gasteiger partial charge in [0.2, 0.25) is 5.91 Å². The zero-order chi connectivity index (χ0) is 18.1. The average molecular weight is 369 g/mol. The third-order valence-corrected chi connectivity index (χ3v) is 7.60. The number of rotatable bonds is 4. The van der Waals surface area contributed by atoms with Crippen LogP contribution >= 0.6 is 0 Å². The summed E-state index contributed by atoms with van der Waals surface area (Å²) in [6, 6.07) is 7.49. The summed E-state index contributed by atoms with van der Waals surface area (Å²) in [7, 11) is -2.38. The van der Waals surface area contributed by atoms with Crippen LogP contribution in [0.2, 0.25) is 0 Å². The second kappa shape index (κ2) is 7.03. The summed E-state index contributed by atoms with van der Waals surface area (Å²) in [5, 5.41) is 10.0. The zero-order valence-corrected chi connectivity index (χ0v) is 14.9. The molecular formula is C17H23NO6S. The number of carbonyl (C=O) groups is 1. The Labute approximate surface area is 147 Å². The van der Waals surface area contributed by atoms with Crippen LogP contribution in [-0.4, -0.2) is 74.7 Å². The van der Waals surface area contributed by atoms with Gasteiger partial charge in [0.15, 0.2) is 14.6 Å². The smallest absolute Gasteiger partial charge is 0.244 e. The van der Waals surface area contributed by atoms with Gasteiger partial charge in [0.1, 0.15) is 0 Å². The number of hydrogen-bond donors (Lipinski definition) is 1. The van der Waals surface area contributed by atoms with Gasteiger partial charge in [-0.3, -0.25) is 4.79 Å². The molecule has 3 rings (SSSR count). The van der Waals surface area contributed by atoms with Crippen molar-refractivity contribution in [2.75, 3.05) is 33.5 Å². The van der Waals surface area contributed by atoms with Crippen LogP contribution < -0.4 is 0 Å². The van der Waals surface area contributed by atoms with Gasteiger partial charge < -0.3 is 19.5 Å². The molecule has 1 N–H and O–H groups in total. The molecule has 0 radical (unpaired) electrons. The Morgan fingerprint density at radius 3 is 2.36 bits per heavy atom. The highest BCUT2D eigenvalue weighted by atomic mass is 32.2. The Kier molecular flexibility index (Phi) is 5.15. The van der Waals surface area contributed by atoms with Crippen molar-refractivity contribution in [3.63, 3.8) is 0 Å². The van der Waals surface area contributed by atoms with Crippen LogP contribution in [-0.2, 0) is 24.1 Å². The fraction of sp³-hybridized carbons (Fsp3) is 0.588. The van der Waals surface area contributed by atoms with Crippen LogP contribution in [0.5, 0.6) is 0 Å². The number of hydrogen-bond acceptors (Lipinski definition) is 6. The monoisotopic (exact) mass is 369 g/mol. The lowest BCUT2D eigenvalue weighted by molar-refractivity contribution is -0.138. The second-order valence-corrected chi connectivity index (χ2v) is 8.77. The van der Waals surface area contributed by atoms with Gasteiger partial charge in [0.25, 0.3) is 0 Å². The largest absolute Gasteiger partial charge is 0.388 e. The van der Waals surface area contributed by atoms with Crippen molar-refractivity contribution in [2.24, 2.45) is 0 Å². The van der Waals surface area contributed by atoms with E-state index in [0.29, 0.717) is 0 Å². The summed E-state index contributed by atoms with van der Waals surface area (Å²) in [4.78, 5) is 14.8. The highest BCUT2D eigenvalue weighted by Crippen LogP contribution is 2.37. The van der Waals surface area contributed by atoms with Crippen molar-refractivity contribution < 1.29 is 27.8 Å². The number of amides is 1. The SMILES string of the molecule is CN(C(=O)C1(S(=O)(=O)c2ccccc2)CCOCC1)[C@@H]1COC[C@H]1O. The molecule has 0 unspecified atom stereocenters. The fourth-order valence-corrected chi connectivity index (χ4v) is 5.54. The molecule has 2 atom stereocenters. The fourth-order valence-electron chi connectivity index (χ4n) is 3.50. The maximum atomic E-state index is 13.4. The standard InChI is InChI=1S/C17H23NO6S/c1-18(14-11-24-12-15(14)19)16(20)17(7-9-23-10-8-17)25(21,22)13-5-3-2-4-6-13/h2-6,14-15,19H,7-12H2,1H3/t14-,15-/m1/s1. The number of benzene rings is 1. The normalized spacial score (nSPS) is 26.3. The minimum Gasteiger partial charge on any atom is -0.388 e. The highest BCUT2D eigenvalue weighted by molar-refractivity contribution is 7.93.